The molecule has 0 aliphatic carbocycles. The number of hydrogen-bond acceptors (Lipinski definition) is 5. The van der Waals surface area contributed by atoms with Gasteiger partial charge in [-0.25, -0.2) is 0 Å². The smallest absolute Gasteiger partial charge is 0.311 e. The van der Waals surface area contributed by atoms with Gasteiger partial charge in [-0.15, -0.1) is 0 Å². The Bertz CT molecular complexity index is 558. The fraction of sp³-hybridized carbons (Fsp3) is 0.385. The molecule has 0 bridgehead atoms. The van der Waals surface area contributed by atoms with E-state index in [-0.39, 0.29) is 35.9 Å². The molecule has 0 saturated carbocycles. The molecule has 0 aromatic heterocycles. The third-order valence-corrected chi connectivity index (χ3v) is 2.77. The van der Waals surface area contributed by atoms with Crippen molar-refractivity contribution in [2.45, 2.75) is 13.3 Å². The van der Waals surface area contributed by atoms with Crippen LogP contribution in [0.25, 0.3) is 0 Å². The van der Waals surface area contributed by atoms with Gasteiger partial charge in [-0.2, -0.15) is 0 Å². The summed E-state index contributed by atoms with van der Waals surface area (Å²) in [6.07, 6.45) is -0.0664. The molecule has 1 amide bonds. The lowest BCUT2D eigenvalue weighted by atomic mass is 10.1. The quantitative estimate of drug-likeness (QED) is 0.580. The van der Waals surface area contributed by atoms with Crippen LogP contribution in [-0.4, -0.2) is 35.6 Å². The van der Waals surface area contributed by atoms with E-state index in [2.05, 4.69) is 5.32 Å². The first-order valence-corrected chi connectivity index (χ1v) is 6.17. The van der Waals surface area contributed by atoms with Crippen molar-refractivity contribution in [3.05, 3.63) is 33.9 Å². The van der Waals surface area contributed by atoms with E-state index in [9.17, 15) is 19.7 Å². The van der Waals surface area contributed by atoms with Gasteiger partial charge < -0.3 is 15.2 Å². The summed E-state index contributed by atoms with van der Waals surface area (Å²) in [5, 5.41) is 22.0. The Kier molecular flexibility index (Phi) is 5.65. The number of aliphatic carboxylic acids is 1. The van der Waals surface area contributed by atoms with E-state index in [1.165, 1.54) is 19.2 Å². The zero-order chi connectivity index (χ0) is 16.0. The van der Waals surface area contributed by atoms with E-state index in [4.69, 9.17) is 9.84 Å². The number of methoxy groups -OCH3 is 1. The summed E-state index contributed by atoms with van der Waals surface area (Å²) in [6, 6.07) is 3.87. The van der Waals surface area contributed by atoms with Gasteiger partial charge in [-0.05, 0) is 18.1 Å². The number of hydrogen-bond donors (Lipinski definition) is 2. The summed E-state index contributed by atoms with van der Waals surface area (Å²) in [5.74, 6) is -1.62. The van der Waals surface area contributed by atoms with Crippen molar-refractivity contribution in [3.63, 3.8) is 0 Å². The molecule has 0 saturated heterocycles. The number of carboxylic acids is 1. The van der Waals surface area contributed by atoms with Gasteiger partial charge in [0.25, 0.3) is 5.91 Å². The van der Waals surface area contributed by atoms with Gasteiger partial charge in [0.05, 0.1) is 12.0 Å². The van der Waals surface area contributed by atoms with Crippen molar-refractivity contribution in [2.75, 3.05) is 13.7 Å². The van der Waals surface area contributed by atoms with Crippen LogP contribution in [0.5, 0.6) is 5.75 Å². The Morgan fingerprint density at radius 3 is 2.67 bits per heavy atom. The lowest BCUT2D eigenvalue weighted by Gasteiger charge is -2.10. The average Bonchev–Trinajstić information content (AvgIpc) is 2.43. The Morgan fingerprint density at radius 1 is 1.48 bits per heavy atom. The Hall–Kier alpha value is -2.64. The molecule has 0 spiro atoms. The van der Waals surface area contributed by atoms with Gasteiger partial charge in [0.2, 0.25) is 0 Å². The summed E-state index contributed by atoms with van der Waals surface area (Å²) < 4.78 is 4.84. The second-order valence-electron chi connectivity index (χ2n) is 4.56. The van der Waals surface area contributed by atoms with Crippen LogP contribution in [-0.2, 0) is 4.79 Å². The van der Waals surface area contributed by atoms with Crippen LogP contribution in [0.1, 0.15) is 23.7 Å². The van der Waals surface area contributed by atoms with Gasteiger partial charge in [0.1, 0.15) is 0 Å². The van der Waals surface area contributed by atoms with Crippen LogP contribution in [0.15, 0.2) is 18.2 Å². The van der Waals surface area contributed by atoms with Crippen molar-refractivity contribution >= 4 is 17.6 Å². The normalized spacial score (nSPS) is 11.5. The second kappa shape index (κ2) is 7.22. The number of benzene rings is 1. The zero-order valence-corrected chi connectivity index (χ0v) is 11.7. The average molecular weight is 296 g/mol. The minimum Gasteiger partial charge on any atom is -0.490 e. The number of ether oxygens (including phenoxy) is 1. The monoisotopic (exact) mass is 296 g/mol. The van der Waals surface area contributed by atoms with E-state index in [0.717, 1.165) is 6.07 Å². The highest BCUT2D eigenvalue weighted by atomic mass is 16.6. The van der Waals surface area contributed by atoms with Crippen molar-refractivity contribution in [1.82, 2.24) is 5.32 Å². The van der Waals surface area contributed by atoms with Gasteiger partial charge in [-0.3, -0.25) is 19.7 Å². The molecule has 1 unspecified atom stereocenters. The minimum absolute atomic E-state index is 0.0656. The van der Waals surface area contributed by atoms with Crippen LogP contribution >= 0.6 is 0 Å². The maximum atomic E-state index is 11.9. The molecule has 8 heteroatoms. The highest BCUT2D eigenvalue weighted by Gasteiger charge is 2.18. The van der Waals surface area contributed by atoms with Crippen LogP contribution in [0.2, 0.25) is 0 Å². The number of amides is 1. The molecule has 8 nitrogen and oxygen atoms in total. The van der Waals surface area contributed by atoms with E-state index >= 15 is 0 Å². The Labute approximate surface area is 120 Å². The molecule has 1 aromatic rings. The van der Waals surface area contributed by atoms with Crippen molar-refractivity contribution in [1.29, 1.82) is 0 Å². The van der Waals surface area contributed by atoms with Gasteiger partial charge in [-0.1, -0.05) is 6.92 Å². The van der Waals surface area contributed by atoms with Crippen LogP contribution in [0.4, 0.5) is 5.69 Å². The number of nitro benzene ring substituents is 1. The summed E-state index contributed by atoms with van der Waals surface area (Å²) in [4.78, 5) is 32.6. The standard InChI is InChI=1S/C13H16N2O6/c1-8(5-12(16)17)7-14-13(18)9-3-4-11(21-2)10(6-9)15(19)20/h3-4,6,8H,5,7H2,1-2H3,(H,14,18)(H,16,17). The maximum Gasteiger partial charge on any atom is 0.311 e. The van der Waals surface area contributed by atoms with Gasteiger partial charge in [0, 0.05) is 24.6 Å². The summed E-state index contributed by atoms with van der Waals surface area (Å²) in [6.45, 7) is 1.86. The molecule has 21 heavy (non-hydrogen) atoms. The van der Waals surface area contributed by atoms with E-state index in [0.29, 0.717) is 0 Å². The SMILES string of the molecule is COc1ccc(C(=O)NCC(C)CC(=O)O)cc1[N+](=O)[O-]. The fourth-order valence-electron chi connectivity index (χ4n) is 1.71. The maximum absolute atomic E-state index is 11.9. The highest BCUT2D eigenvalue weighted by molar-refractivity contribution is 5.95. The number of rotatable bonds is 7. The first-order valence-electron chi connectivity index (χ1n) is 6.17. The first kappa shape index (κ1) is 16.4. The topological polar surface area (TPSA) is 119 Å². The predicted molar refractivity (Wildman–Crippen MR) is 73.4 cm³/mol. The highest BCUT2D eigenvalue weighted by Crippen LogP contribution is 2.27. The largest absolute Gasteiger partial charge is 0.490 e. The van der Waals surface area contributed by atoms with Gasteiger partial charge >= 0.3 is 11.7 Å². The second-order valence-corrected chi connectivity index (χ2v) is 4.56. The molecule has 0 radical (unpaired) electrons. The van der Waals surface area contributed by atoms with Crippen LogP contribution in [0, 0.1) is 16.0 Å². The lowest BCUT2D eigenvalue weighted by molar-refractivity contribution is -0.385. The molecule has 2 N–H and O–H groups in total. The molecule has 1 aromatic carbocycles. The molecular formula is C13H16N2O6. The molecule has 0 aliphatic heterocycles. The fourth-order valence-corrected chi connectivity index (χ4v) is 1.71. The molecule has 1 rings (SSSR count). The Morgan fingerprint density at radius 2 is 2.14 bits per heavy atom. The van der Waals surface area contributed by atoms with Crippen LogP contribution in [0.3, 0.4) is 0 Å². The molecule has 0 fully saturated rings. The summed E-state index contributed by atoms with van der Waals surface area (Å²) in [5.41, 5.74) is -0.186. The van der Waals surface area contributed by atoms with Gasteiger partial charge in [0.15, 0.2) is 5.75 Å². The minimum atomic E-state index is -0.947. The number of nitro groups is 1. The first-order chi connectivity index (χ1) is 9.85. The molecule has 1 atom stereocenters. The van der Waals surface area contributed by atoms with Crippen LogP contribution < -0.4 is 10.1 Å². The van der Waals surface area contributed by atoms with Crippen molar-refractivity contribution in [2.24, 2.45) is 5.92 Å². The number of carbonyl (C=O) groups is 2. The molecular weight excluding hydrogens is 280 g/mol. The molecule has 0 aliphatic rings. The lowest BCUT2D eigenvalue weighted by Crippen LogP contribution is -2.29. The third kappa shape index (κ3) is 4.75. The number of carbonyl (C=O) groups excluding carboxylic acids is 1. The van der Waals surface area contributed by atoms with Crippen molar-refractivity contribution in [3.8, 4) is 5.75 Å². The third-order valence-electron chi connectivity index (χ3n) is 2.77. The predicted octanol–water partition coefficient (Wildman–Crippen LogP) is 1.44. The Balaban J connectivity index is 2.77. The molecule has 0 heterocycles. The summed E-state index contributed by atoms with van der Waals surface area (Å²) >= 11 is 0. The zero-order valence-electron chi connectivity index (χ0n) is 11.7. The number of nitrogens with zero attached hydrogens (tertiary/aromatic N) is 1. The van der Waals surface area contributed by atoms with E-state index in [1.54, 1.807) is 6.92 Å². The van der Waals surface area contributed by atoms with Crippen molar-refractivity contribution < 1.29 is 24.4 Å². The summed E-state index contributed by atoms with van der Waals surface area (Å²) in [7, 11) is 1.30. The molecule has 114 valence electrons. The number of carboxylic acid groups (broad SMARTS) is 1. The number of nitrogens with one attached hydrogen (secondary N) is 1. The van der Waals surface area contributed by atoms with E-state index < -0.39 is 16.8 Å². The van der Waals surface area contributed by atoms with E-state index in [1.807, 2.05) is 0 Å².